The lowest BCUT2D eigenvalue weighted by Gasteiger charge is -2.35. The van der Waals surface area contributed by atoms with Gasteiger partial charge in [-0.1, -0.05) is 37.3 Å². The quantitative estimate of drug-likeness (QED) is 0.818. The third-order valence-corrected chi connectivity index (χ3v) is 3.40. The zero-order valence-electron chi connectivity index (χ0n) is 10.5. The van der Waals surface area contributed by atoms with Crippen LogP contribution < -0.4 is 0 Å². The summed E-state index contributed by atoms with van der Waals surface area (Å²) in [5, 5.41) is 0.482. The lowest BCUT2D eigenvalue weighted by atomic mass is 10.2. The van der Waals surface area contributed by atoms with Crippen LogP contribution in [0.5, 0.6) is 0 Å². The minimum absolute atomic E-state index is 0.482. The Morgan fingerprint density at radius 2 is 1.65 bits per heavy atom. The number of thiol groups is 1. The fourth-order valence-electron chi connectivity index (χ4n) is 2.35. The number of hydrogen-bond donors (Lipinski definition) is 1. The Morgan fingerprint density at radius 1 is 1.06 bits per heavy atom. The maximum Gasteiger partial charge on any atom is 0.0234 e. The Balaban J connectivity index is 1.76. The summed E-state index contributed by atoms with van der Waals surface area (Å²) in [6.07, 6.45) is 0. The van der Waals surface area contributed by atoms with Crippen molar-refractivity contribution in [2.75, 3.05) is 32.7 Å². The van der Waals surface area contributed by atoms with Crippen molar-refractivity contribution in [2.45, 2.75) is 18.7 Å². The Bertz CT molecular complexity index is 318. The van der Waals surface area contributed by atoms with Crippen LogP contribution in [0.4, 0.5) is 0 Å². The lowest BCUT2D eigenvalue weighted by molar-refractivity contribution is 0.128. The topological polar surface area (TPSA) is 6.48 Å². The average molecular weight is 250 g/mol. The van der Waals surface area contributed by atoms with Crippen molar-refractivity contribution in [1.82, 2.24) is 9.80 Å². The summed E-state index contributed by atoms with van der Waals surface area (Å²) in [5.74, 6) is 0. The third kappa shape index (κ3) is 4.34. The summed E-state index contributed by atoms with van der Waals surface area (Å²) in [6, 6.07) is 10.7. The summed E-state index contributed by atoms with van der Waals surface area (Å²) in [4.78, 5) is 5.05. The zero-order chi connectivity index (χ0) is 12.1. The molecule has 94 valence electrons. The molecule has 1 fully saturated rings. The first-order valence-electron chi connectivity index (χ1n) is 6.41. The van der Waals surface area contributed by atoms with E-state index < -0.39 is 0 Å². The van der Waals surface area contributed by atoms with E-state index in [1.54, 1.807) is 0 Å². The summed E-state index contributed by atoms with van der Waals surface area (Å²) >= 11 is 4.46. The van der Waals surface area contributed by atoms with Crippen molar-refractivity contribution >= 4 is 12.6 Å². The molecule has 0 bridgehead atoms. The van der Waals surface area contributed by atoms with Gasteiger partial charge in [0.1, 0.15) is 0 Å². The highest BCUT2D eigenvalue weighted by atomic mass is 32.1. The van der Waals surface area contributed by atoms with E-state index in [9.17, 15) is 0 Å². The molecule has 1 aliphatic rings. The minimum Gasteiger partial charge on any atom is -0.300 e. The maximum atomic E-state index is 4.46. The molecule has 0 aliphatic carbocycles. The van der Waals surface area contributed by atoms with Gasteiger partial charge in [0.2, 0.25) is 0 Å². The van der Waals surface area contributed by atoms with Crippen LogP contribution in [0.1, 0.15) is 12.5 Å². The minimum atomic E-state index is 0.482. The van der Waals surface area contributed by atoms with Gasteiger partial charge in [0.25, 0.3) is 0 Å². The fourth-order valence-corrected chi connectivity index (χ4v) is 2.58. The molecule has 0 N–H and O–H groups in total. The van der Waals surface area contributed by atoms with Crippen molar-refractivity contribution in [2.24, 2.45) is 0 Å². The largest absolute Gasteiger partial charge is 0.300 e. The maximum absolute atomic E-state index is 4.46. The molecule has 1 aromatic rings. The first-order valence-corrected chi connectivity index (χ1v) is 6.92. The highest BCUT2D eigenvalue weighted by Gasteiger charge is 2.17. The van der Waals surface area contributed by atoms with Gasteiger partial charge < -0.3 is 0 Å². The van der Waals surface area contributed by atoms with Crippen molar-refractivity contribution in [3.8, 4) is 0 Å². The number of rotatable bonds is 4. The Morgan fingerprint density at radius 3 is 2.24 bits per heavy atom. The number of hydrogen-bond acceptors (Lipinski definition) is 3. The van der Waals surface area contributed by atoms with E-state index in [1.807, 2.05) is 0 Å². The van der Waals surface area contributed by atoms with Gasteiger partial charge >= 0.3 is 0 Å². The molecule has 0 aromatic heterocycles. The van der Waals surface area contributed by atoms with Crippen LogP contribution in [0, 0.1) is 0 Å². The lowest BCUT2D eigenvalue weighted by Crippen LogP contribution is -2.47. The Kier molecular flexibility index (Phi) is 4.89. The second-order valence-corrected chi connectivity index (χ2v) is 5.79. The second-order valence-electron chi connectivity index (χ2n) is 4.91. The van der Waals surface area contributed by atoms with Gasteiger partial charge in [-0.2, -0.15) is 12.6 Å². The summed E-state index contributed by atoms with van der Waals surface area (Å²) in [5.41, 5.74) is 1.42. The van der Waals surface area contributed by atoms with E-state index in [-0.39, 0.29) is 0 Å². The monoisotopic (exact) mass is 250 g/mol. The number of piperazine rings is 1. The normalized spacial score (nSPS) is 20.4. The Hall–Kier alpha value is -0.510. The van der Waals surface area contributed by atoms with Crippen LogP contribution in [0.2, 0.25) is 0 Å². The molecular formula is C14H22N2S. The molecule has 1 aromatic carbocycles. The first-order chi connectivity index (χ1) is 8.24. The zero-order valence-corrected chi connectivity index (χ0v) is 11.4. The van der Waals surface area contributed by atoms with Gasteiger partial charge in [0.15, 0.2) is 0 Å². The predicted molar refractivity (Wildman–Crippen MR) is 76.6 cm³/mol. The number of benzene rings is 1. The van der Waals surface area contributed by atoms with Gasteiger partial charge in [-0.3, -0.25) is 9.80 Å². The molecular weight excluding hydrogens is 228 g/mol. The van der Waals surface area contributed by atoms with Crippen molar-refractivity contribution < 1.29 is 0 Å². The van der Waals surface area contributed by atoms with E-state index >= 15 is 0 Å². The molecule has 1 saturated heterocycles. The molecule has 0 spiro atoms. The molecule has 2 rings (SSSR count). The fraction of sp³-hybridized carbons (Fsp3) is 0.571. The molecule has 1 aliphatic heterocycles. The standard InChI is InChI=1S/C14H22N2S/c1-13(17)11-15-7-9-16(10-8-15)12-14-5-3-2-4-6-14/h2-6,13,17H,7-12H2,1H3. The van der Waals surface area contributed by atoms with Crippen LogP contribution in [0.3, 0.4) is 0 Å². The molecule has 0 radical (unpaired) electrons. The molecule has 0 saturated carbocycles. The molecule has 0 amide bonds. The third-order valence-electron chi connectivity index (χ3n) is 3.24. The van der Waals surface area contributed by atoms with E-state index in [1.165, 1.54) is 31.7 Å². The predicted octanol–water partition coefficient (Wildman–Crippen LogP) is 2.12. The smallest absolute Gasteiger partial charge is 0.0234 e. The van der Waals surface area contributed by atoms with Crippen LogP contribution >= 0.6 is 12.6 Å². The van der Waals surface area contributed by atoms with Gasteiger partial charge in [-0.05, 0) is 5.56 Å². The van der Waals surface area contributed by atoms with Crippen LogP contribution in [0.15, 0.2) is 30.3 Å². The summed E-state index contributed by atoms with van der Waals surface area (Å²) in [6.45, 7) is 9.08. The Labute approximate surface area is 110 Å². The second kappa shape index (κ2) is 6.43. The molecule has 1 unspecified atom stereocenters. The van der Waals surface area contributed by atoms with Crippen molar-refractivity contribution in [3.63, 3.8) is 0 Å². The van der Waals surface area contributed by atoms with Crippen molar-refractivity contribution in [1.29, 1.82) is 0 Å². The van der Waals surface area contributed by atoms with Crippen LogP contribution in [0.25, 0.3) is 0 Å². The van der Waals surface area contributed by atoms with E-state index in [4.69, 9.17) is 0 Å². The van der Waals surface area contributed by atoms with Crippen LogP contribution in [-0.2, 0) is 6.54 Å². The average Bonchev–Trinajstić information content (AvgIpc) is 2.32. The molecule has 1 heterocycles. The highest BCUT2D eigenvalue weighted by molar-refractivity contribution is 7.80. The van der Waals surface area contributed by atoms with Gasteiger partial charge in [0.05, 0.1) is 0 Å². The van der Waals surface area contributed by atoms with Gasteiger partial charge in [-0.25, -0.2) is 0 Å². The van der Waals surface area contributed by atoms with E-state index in [0.29, 0.717) is 5.25 Å². The summed E-state index contributed by atoms with van der Waals surface area (Å²) < 4.78 is 0. The van der Waals surface area contributed by atoms with Gasteiger partial charge in [0, 0.05) is 44.5 Å². The molecule has 17 heavy (non-hydrogen) atoms. The van der Waals surface area contributed by atoms with Crippen LogP contribution in [-0.4, -0.2) is 47.8 Å². The summed E-state index contributed by atoms with van der Waals surface area (Å²) in [7, 11) is 0. The molecule has 2 nitrogen and oxygen atoms in total. The number of nitrogens with zero attached hydrogens (tertiary/aromatic N) is 2. The first kappa shape index (κ1) is 12.9. The highest BCUT2D eigenvalue weighted by Crippen LogP contribution is 2.09. The molecule has 1 atom stereocenters. The van der Waals surface area contributed by atoms with Gasteiger partial charge in [-0.15, -0.1) is 0 Å². The van der Waals surface area contributed by atoms with E-state index in [2.05, 4.69) is 59.7 Å². The molecule has 3 heteroatoms. The van der Waals surface area contributed by atoms with E-state index in [0.717, 1.165) is 13.1 Å². The van der Waals surface area contributed by atoms with Crippen molar-refractivity contribution in [3.05, 3.63) is 35.9 Å². The SMILES string of the molecule is CC(S)CN1CCN(Cc2ccccc2)CC1.